The zero-order chi connectivity index (χ0) is 13.0. The van der Waals surface area contributed by atoms with Crippen LogP contribution in [0, 0.1) is 6.92 Å². The van der Waals surface area contributed by atoms with Crippen molar-refractivity contribution in [3.05, 3.63) is 34.8 Å². The van der Waals surface area contributed by atoms with Crippen LogP contribution >= 0.6 is 11.3 Å². The van der Waals surface area contributed by atoms with Gasteiger partial charge in [-0.05, 0) is 25.6 Å². The molecule has 0 aliphatic rings. The van der Waals surface area contributed by atoms with Crippen LogP contribution in [0.5, 0.6) is 5.75 Å². The van der Waals surface area contributed by atoms with Crippen LogP contribution in [0.15, 0.2) is 24.3 Å². The molecule has 0 amide bonds. The summed E-state index contributed by atoms with van der Waals surface area (Å²) in [6.07, 6.45) is 0. The normalized spacial score (nSPS) is 10.6. The monoisotopic (exact) mass is 262 g/mol. The first-order valence-electron chi connectivity index (χ1n) is 6.06. The number of rotatable bonds is 5. The number of aromatic nitrogens is 1. The average molecular weight is 262 g/mol. The van der Waals surface area contributed by atoms with Crippen LogP contribution < -0.4 is 10.1 Å². The number of benzene rings is 1. The highest BCUT2D eigenvalue weighted by atomic mass is 32.1. The molecule has 1 aromatic carbocycles. The molecule has 0 aliphatic heterocycles. The minimum Gasteiger partial charge on any atom is -0.496 e. The van der Waals surface area contributed by atoms with Gasteiger partial charge in [0.05, 0.1) is 18.4 Å². The molecule has 1 aromatic heterocycles. The van der Waals surface area contributed by atoms with Gasteiger partial charge in [0.1, 0.15) is 10.8 Å². The lowest BCUT2D eigenvalue weighted by molar-refractivity contribution is 0.416. The molecule has 3 nitrogen and oxygen atoms in total. The molecule has 4 heteroatoms. The number of ether oxygens (including phenoxy) is 1. The first kappa shape index (κ1) is 13.1. The van der Waals surface area contributed by atoms with Crippen molar-refractivity contribution < 1.29 is 4.74 Å². The Balaban J connectivity index is 2.33. The summed E-state index contributed by atoms with van der Waals surface area (Å²) in [6.45, 7) is 6.02. The average Bonchev–Trinajstić information content (AvgIpc) is 2.77. The van der Waals surface area contributed by atoms with E-state index >= 15 is 0 Å². The highest BCUT2D eigenvalue weighted by molar-refractivity contribution is 7.15. The van der Waals surface area contributed by atoms with Crippen molar-refractivity contribution in [1.29, 1.82) is 0 Å². The fourth-order valence-electron chi connectivity index (χ4n) is 1.77. The van der Waals surface area contributed by atoms with E-state index < -0.39 is 0 Å². The summed E-state index contributed by atoms with van der Waals surface area (Å²) in [5, 5.41) is 4.36. The van der Waals surface area contributed by atoms with Crippen LogP contribution in [0.1, 0.15) is 17.5 Å². The molecule has 1 N–H and O–H groups in total. The smallest absolute Gasteiger partial charge is 0.129 e. The second-order valence-corrected chi connectivity index (χ2v) is 5.09. The van der Waals surface area contributed by atoms with Gasteiger partial charge in [-0.2, -0.15) is 0 Å². The van der Waals surface area contributed by atoms with Crippen LogP contribution in [-0.4, -0.2) is 18.6 Å². The molecule has 96 valence electrons. The molecule has 18 heavy (non-hydrogen) atoms. The number of nitrogens with one attached hydrogen (secondary N) is 1. The number of para-hydroxylation sites is 1. The van der Waals surface area contributed by atoms with Crippen molar-refractivity contribution in [1.82, 2.24) is 10.3 Å². The Morgan fingerprint density at radius 1 is 1.33 bits per heavy atom. The SMILES string of the molecule is CCNCc1sc(-c2ccccc2OC)nc1C. The van der Waals surface area contributed by atoms with E-state index in [-0.39, 0.29) is 0 Å². The summed E-state index contributed by atoms with van der Waals surface area (Å²) in [6, 6.07) is 8.01. The Labute approximate surface area is 112 Å². The zero-order valence-corrected chi connectivity index (χ0v) is 11.8. The third-order valence-corrected chi connectivity index (χ3v) is 3.96. The molecule has 0 aliphatic carbocycles. The number of hydrogen-bond acceptors (Lipinski definition) is 4. The largest absolute Gasteiger partial charge is 0.496 e. The first-order valence-corrected chi connectivity index (χ1v) is 6.88. The van der Waals surface area contributed by atoms with E-state index in [1.165, 1.54) is 4.88 Å². The molecule has 2 aromatic rings. The van der Waals surface area contributed by atoms with Gasteiger partial charge < -0.3 is 10.1 Å². The van der Waals surface area contributed by atoms with Crippen LogP contribution in [0.4, 0.5) is 0 Å². The lowest BCUT2D eigenvalue weighted by Crippen LogP contribution is -2.11. The molecule has 0 bridgehead atoms. The molecule has 0 unspecified atom stereocenters. The molecule has 0 fully saturated rings. The van der Waals surface area contributed by atoms with Crippen molar-refractivity contribution >= 4 is 11.3 Å². The molecular formula is C14H18N2OS. The second-order valence-electron chi connectivity index (χ2n) is 4.01. The molecule has 2 rings (SSSR count). The van der Waals surface area contributed by atoms with E-state index in [0.29, 0.717) is 0 Å². The lowest BCUT2D eigenvalue weighted by atomic mass is 10.2. The minimum absolute atomic E-state index is 0.876. The van der Waals surface area contributed by atoms with Gasteiger partial charge in [0.2, 0.25) is 0 Å². The third kappa shape index (κ3) is 2.71. The quantitative estimate of drug-likeness (QED) is 0.898. The number of nitrogens with zero attached hydrogens (tertiary/aromatic N) is 1. The van der Waals surface area contributed by atoms with Gasteiger partial charge in [-0.15, -0.1) is 11.3 Å². The first-order chi connectivity index (χ1) is 8.76. The molecule has 0 saturated heterocycles. The highest BCUT2D eigenvalue weighted by Gasteiger charge is 2.12. The van der Waals surface area contributed by atoms with Crippen LogP contribution in [0.25, 0.3) is 10.6 Å². The lowest BCUT2D eigenvalue weighted by Gasteiger charge is -2.04. The molecule has 0 atom stereocenters. The fraction of sp³-hybridized carbons (Fsp3) is 0.357. The predicted molar refractivity (Wildman–Crippen MR) is 76.2 cm³/mol. The maximum absolute atomic E-state index is 5.38. The maximum Gasteiger partial charge on any atom is 0.129 e. The second kappa shape index (κ2) is 5.98. The Morgan fingerprint density at radius 3 is 2.83 bits per heavy atom. The van der Waals surface area contributed by atoms with Gasteiger partial charge in [0, 0.05) is 11.4 Å². The number of thiazole rings is 1. The van der Waals surface area contributed by atoms with Crippen LogP contribution in [0.2, 0.25) is 0 Å². The molecule has 0 radical (unpaired) electrons. The Hall–Kier alpha value is -1.39. The number of aryl methyl sites for hydroxylation is 1. The van der Waals surface area contributed by atoms with E-state index in [1.54, 1.807) is 18.4 Å². The topological polar surface area (TPSA) is 34.1 Å². The van der Waals surface area contributed by atoms with E-state index in [9.17, 15) is 0 Å². The Morgan fingerprint density at radius 2 is 2.11 bits per heavy atom. The van der Waals surface area contributed by atoms with Crippen molar-refractivity contribution in [2.45, 2.75) is 20.4 Å². The summed E-state index contributed by atoms with van der Waals surface area (Å²) < 4.78 is 5.38. The van der Waals surface area contributed by atoms with Crippen molar-refractivity contribution in [2.75, 3.05) is 13.7 Å². The van der Waals surface area contributed by atoms with Gasteiger partial charge in [-0.1, -0.05) is 19.1 Å². The molecule has 0 saturated carbocycles. The van der Waals surface area contributed by atoms with Crippen molar-refractivity contribution in [2.24, 2.45) is 0 Å². The van der Waals surface area contributed by atoms with Crippen molar-refractivity contribution in [3.63, 3.8) is 0 Å². The summed E-state index contributed by atoms with van der Waals surface area (Å²) >= 11 is 1.73. The molecule has 1 heterocycles. The summed E-state index contributed by atoms with van der Waals surface area (Å²) in [4.78, 5) is 5.93. The minimum atomic E-state index is 0.876. The highest BCUT2D eigenvalue weighted by Crippen LogP contribution is 2.34. The number of methoxy groups -OCH3 is 1. The summed E-state index contributed by atoms with van der Waals surface area (Å²) in [5.74, 6) is 0.876. The standard InChI is InChI=1S/C14H18N2OS/c1-4-15-9-13-10(2)16-14(18-13)11-7-5-6-8-12(11)17-3/h5-8,15H,4,9H2,1-3H3. The van der Waals surface area contributed by atoms with Crippen LogP contribution in [-0.2, 0) is 6.54 Å². The van der Waals surface area contributed by atoms with E-state index in [4.69, 9.17) is 4.74 Å². The van der Waals surface area contributed by atoms with Gasteiger partial charge in [0.15, 0.2) is 0 Å². The Kier molecular flexibility index (Phi) is 4.33. The predicted octanol–water partition coefficient (Wildman–Crippen LogP) is 3.24. The molecule has 0 spiro atoms. The van der Waals surface area contributed by atoms with Gasteiger partial charge in [-0.3, -0.25) is 0 Å². The fourth-order valence-corrected chi connectivity index (χ4v) is 2.83. The third-order valence-electron chi connectivity index (χ3n) is 2.77. The maximum atomic E-state index is 5.38. The van der Waals surface area contributed by atoms with Gasteiger partial charge >= 0.3 is 0 Å². The van der Waals surface area contributed by atoms with E-state index in [0.717, 1.165) is 35.1 Å². The van der Waals surface area contributed by atoms with E-state index in [1.807, 2.05) is 24.3 Å². The summed E-state index contributed by atoms with van der Waals surface area (Å²) in [7, 11) is 1.69. The van der Waals surface area contributed by atoms with E-state index in [2.05, 4.69) is 24.1 Å². The van der Waals surface area contributed by atoms with Gasteiger partial charge in [0.25, 0.3) is 0 Å². The summed E-state index contributed by atoms with van der Waals surface area (Å²) in [5.41, 5.74) is 2.16. The van der Waals surface area contributed by atoms with Crippen LogP contribution in [0.3, 0.4) is 0 Å². The van der Waals surface area contributed by atoms with Gasteiger partial charge in [-0.25, -0.2) is 4.98 Å². The Bertz CT molecular complexity index is 522. The number of hydrogen-bond donors (Lipinski definition) is 1. The van der Waals surface area contributed by atoms with Crippen molar-refractivity contribution in [3.8, 4) is 16.3 Å². The molecular weight excluding hydrogens is 244 g/mol. The zero-order valence-electron chi connectivity index (χ0n) is 11.0.